The van der Waals surface area contributed by atoms with E-state index in [0.29, 0.717) is 28.1 Å². The molecular formula is C28H31ClN2O2. The number of amides is 1. The number of hydrogen-bond acceptors (Lipinski definition) is 3. The number of carbonyl (C=O) groups is 1. The Bertz CT molecular complexity index is 1140. The minimum Gasteiger partial charge on any atom is -0.495 e. The van der Waals surface area contributed by atoms with Crippen molar-refractivity contribution in [1.29, 1.82) is 0 Å². The van der Waals surface area contributed by atoms with Gasteiger partial charge in [0.05, 0.1) is 17.6 Å². The van der Waals surface area contributed by atoms with Gasteiger partial charge in [0.2, 0.25) is 0 Å². The lowest BCUT2D eigenvalue weighted by Crippen LogP contribution is -2.21. The van der Waals surface area contributed by atoms with E-state index in [1.54, 1.807) is 25.3 Å². The van der Waals surface area contributed by atoms with E-state index < -0.39 is 0 Å². The summed E-state index contributed by atoms with van der Waals surface area (Å²) < 4.78 is 5.21. The first-order chi connectivity index (χ1) is 16.1. The number of rotatable bonds is 4. The molecule has 1 heterocycles. The van der Waals surface area contributed by atoms with Gasteiger partial charge in [-0.25, -0.2) is 4.98 Å². The van der Waals surface area contributed by atoms with E-state index >= 15 is 0 Å². The predicted molar refractivity (Wildman–Crippen MR) is 134 cm³/mol. The van der Waals surface area contributed by atoms with Crippen LogP contribution in [0.4, 0.5) is 5.69 Å². The fraction of sp³-hybridized carbons (Fsp3) is 0.429. The first-order valence-corrected chi connectivity index (χ1v) is 12.5. The molecule has 0 unspecified atom stereocenters. The second-order valence-electron chi connectivity index (χ2n) is 9.68. The summed E-state index contributed by atoms with van der Waals surface area (Å²) in [5, 5.41) is 4.61. The summed E-state index contributed by atoms with van der Waals surface area (Å²) in [6, 6.07) is 15.6. The standard InChI is InChI=1S/C28H31ClN2O2/c1-33-27-13-12-21(16-24(27)29)30-28(32)26-17-23(22-10-2-3-11-25(22)31-26)20-14-18-6-4-7-19(15-20)9-5-8-18/h2-3,10-13,16-20H,4-9,14-15H2,1H3,(H,30,32). The number of para-hydroxylation sites is 1. The molecule has 3 aliphatic carbocycles. The third-order valence-electron chi connectivity index (χ3n) is 7.52. The number of fused-ring (bicyclic) bond motifs is 7. The van der Waals surface area contributed by atoms with Gasteiger partial charge >= 0.3 is 0 Å². The Labute approximate surface area is 200 Å². The smallest absolute Gasteiger partial charge is 0.274 e. The number of methoxy groups -OCH3 is 1. The molecule has 3 fully saturated rings. The summed E-state index contributed by atoms with van der Waals surface area (Å²) >= 11 is 6.25. The first-order valence-electron chi connectivity index (χ1n) is 12.2. The van der Waals surface area contributed by atoms with E-state index in [0.717, 1.165) is 17.4 Å². The Hall–Kier alpha value is -2.59. The van der Waals surface area contributed by atoms with Crippen molar-refractivity contribution in [2.45, 2.75) is 57.3 Å². The maximum atomic E-state index is 13.2. The second-order valence-corrected chi connectivity index (χ2v) is 10.1. The predicted octanol–water partition coefficient (Wildman–Crippen LogP) is 7.61. The van der Waals surface area contributed by atoms with Gasteiger partial charge in [0.15, 0.2) is 0 Å². The molecule has 3 aliphatic rings. The maximum absolute atomic E-state index is 13.2. The molecular weight excluding hydrogens is 432 g/mol. The number of ether oxygens (including phenoxy) is 1. The topological polar surface area (TPSA) is 51.2 Å². The van der Waals surface area contributed by atoms with Crippen LogP contribution in [0.15, 0.2) is 48.5 Å². The molecule has 0 saturated heterocycles. The molecule has 3 aromatic rings. The molecule has 0 aliphatic heterocycles. The highest BCUT2D eigenvalue weighted by atomic mass is 35.5. The van der Waals surface area contributed by atoms with Gasteiger partial charge in [0, 0.05) is 11.1 Å². The molecule has 4 nitrogen and oxygen atoms in total. The SMILES string of the molecule is COc1ccc(NC(=O)c2cc(C3CC4CCCC(CCC4)C3)c3ccccc3n2)cc1Cl. The number of nitrogens with zero attached hydrogens (tertiary/aromatic N) is 1. The van der Waals surface area contributed by atoms with Crippen molar-refractivity contribution in [2.75, 3.05) is 12.4 Å². The van der Waals surface area contributed by atoms with Gasteiger partial charge in [-0.15, -0.1) is 0 Å². The van der Waals surface area contributed by atoms with Crippen LogP contribution in [0.3, 0.4) is 0 Å². The zero-order valence-electron chi connectivity index (χ0n) is 19.1. The van der Waals surface area contributed by atoms with E-state index in [1.807, 2.05) is 18.2 Å². The molecule has 0 radical (unpaired) electrons. The van der Waals surface area contributed by atoms with Gasteiger partial charge < -0.3 is 10.1 Å². The van der Waals surface area contributed by atoms with Gasteiger partial charge in [-0.2, -0.15) is 0 Å². The average Bonchev–Trinajstić information content (AvgIpc) is 2.77. The molecule has 1 aromatic heterocycles. The first kappa shape index (κ1) is 22.2. The van der Waals surface area contributed by atoms with Crippen molar-refractivity contribution >= 4 is 34.1 Å². The highest BCUT2D eigenvalue weighted by molar-refractivity contribution is 6.32. The van der Waals surface area contributed by atoms with Gasteiger partial charge in [0.1, 0.15) is 11.4 Å². The number of hydrogen-bond donors (Lipinski definition) is 1. The largest absolute Gasteiger partial charge is 0.495 e. The van der Waals surface area contributed by atoms with Crippen LogP contribution in [0.5, 0.6) is 5.75 Å². The Balaban J connectivity index is 1.49. The van der Waals surface area contributed by atoms with E-state index in [1.165, 1.54) is 62.3 Å². The molecule has 2 bridgehead atoms. The minimum atomic E-state index is -0.214. The van der Waals surface area contributed by atoms with Gasteiger partial charge in [-0.1, -0.05) is 68.3 Å². The molecule has 6 rings (SSSR count). The summed E-state index contributed by atoms with van der Waals surface area (Å²) in [4.78, 5) is 18.0. The van der Waals surface area contributed by atoms with Crippen molar-refractivity contribution < 1.29 is 9.53 Å². The van der Waals surface area contributed by atoms with Crippen LogP contribution in [0, 0.1) is 11.8 Å². The van der Waals surface area contributed by atoms with Crippen molar-refractivity contribution in [3.8, 4) is 5.75 Å². The van der Waals surface area contributed by atoms with Crippen molar-refractivity contribution in [3.05, 3.63) is 64.8 Å². The lowest BCUT2D eigenvalue weighted by Gasteiger charge is -2.35. The molecule has 0 spiro atoms. The van der Waals surface area contributed by atoms with E-state index in [9.17, 15) is 4.79 Å². The number of halogens is 1. The van der Waals surface area contributed by atoms with Crippen LogP contribution in [0.2, 0.25) is 5.02 Å². The molecule has 1 amide bonds. The van der Waals surface area contributed by atoms with Gasteiger partial charge in [-0.3, -0.25) is 4.79 Å². The number of anilines is 1. The summed E-state index contributed by atoms with van der Waals surface area (Å²) in [6.45, 7) is 0. The zero-order valence-corrected chi connectivity index (χ0v) is 19.9. The van der Waals surface area contributed by atoms with Crippen molar-refractivity contribution in [3.63, 3.8) is 0 Å². The zero-order chi connectivity index (χ0) is 22.8. The van der Waals surface area contributed by atoms with Crippen molar-refractivity contribution in [2.24, 2.45) is 11.8 Å². The number of nitrogens with one attached hydrogen (secondary N) is 1. The monoisotopic (exact) mass is 462 g/mol. The fourth-order valence-corrected chi connectivity index (χ4v) is 6.16. The fourth-order valence-electron chi connectivity index (χ4n) is 5.90. The third kappa shape index (κ3) is 4.86. The summed E-state index contributed by atoms with van der Waals surface area (Å²) in [5.41, 5.74) is 3.27. The Morgan fingerprint density at radius 3 is 2.36 bits per heavy atom. The molecule has 3 saturated carbocycles. The summed E-state index contributed by atoms with van der Waals surface area (Å²) in [7, 11) is 1.57. The second kappa shape index (κ2) is 9.72. The quantitative estimate of drug-likeness (QED) is 0.434. The molecule has 1 N–H and O–H groups in total. The van der Waals surface area contributed by atoms with E-state index in [-0.39, 0.29) is 5.91 Å². The van der Waals surface area contributed by atoms with Crippen LogP contribution in [-0.4, -0.2) is 18.0 Å². The Morgan fingerprint density at radius 1 is 1.00 bits per heavy atom. The van der Waals surface area contributed by atoms with Crippen LogP contribution in [-0.2, 0) is 0 Å². The van der Waals surface area contributed by atoms with Crippen LogP contribution in [0.1, 0.15) is 73.3 Å². The number of pyridine rings is 1. The normalized spacial score (nSPS) is 22.9. The minimum absolute atomic E-state index is 0.214. The highest BCUT2D eigenvalue weighted by Crippen LogP contribution is 2.44. The van der Waals surface area contributed by atoms with Crippen molar-refractivity contribution in [1.82, 2.24) is 4.98 Å². The number of aromatic nitrogens is 1. The molecule has 2 aromatic carbocycles. The number of benzene rings is 2. The van der Waals surface area contributed by atoms with E-state index in [2.05, 4.69) is 17.4 Å². The maximum Gasteiger partial charge on any atom is 0.274 e. The van der Waals surface area contributed by atoms with Crippen LogP contribution < -0.4 is 10.1 Å². The molecule has 172 valence electrons. The third-order valence-corrected chi connectivity index (χ3v) is 7.81. The average molecular weight is 463 g/mol. The highest BCUT2D eigenvalue weighted by Gasteiger charge is 2.29. The van der Waals surface area contributed by atoms with Gasteiger partial charge in [0.25, 0.3) is 5.91 Å². The summed E-state index contributed by atoms with van der Waals surface area (Å²) in [6.07, 6.45) is 10.6. The molecule has 0 atom stereocenters. The van der Waals surface area contributed by atoms with Gasteiger partial charge in [-0.05, 0) is 66.5 Å². The van der Waals surface area contributed by atoms with E-state index in [4.69, 9.17) is 21.3 Å². The Kier molecular flexibility index (Phi) is 6.55. The lowest BCUT2D eigenvalue weighted by molar-refractivity contribution is 0.102. The lowest BCUT2D eigenvalue weighted by atomic mass is 9.71. The Morgan fingerprint density at radius 2 is 1.70 bits per heavy atom. The summed E-state index contributed by atoms with van der Waals surface area (Å²) in [5.74, 6) is 2.43. The number of carbonyl (C=O) groups excluding carboxylic acids is 1. The van der Waals surface area contributed by atoms with Crippen LogP contribution >= 0.6 is 11.6 Å². The molecule has 33 heavy (non-hydrogen) atoms. The molecule has 5 heteroatoms. The van der Waals surface area contributed by atoms with Crippen LogP contribution in [0.25, 0.3) is 10.9 Å².